The second-order valence-electron chi connectivity index (χ2n) is 7.22. The van der Waals surface area contributed by atoms with Crippen LogP contribution in [0.2, 0.25) is 0 Å². The van der Waals surface area contributed by atoms with Crippen LogP contribution in [0.1, 0.15) is 43.7 Å². The molecule has 2 aliphatic carbocycles. The number of hydrogen-bond acceptors (Lipinski definition) is 2. The number of amides is 1. The first kappa shape index (κ1) is 13.2. The van der Waals surface area contributed by atoms with Crippen molar-refractivity contribution in [3.63, 3.8) is 0 Å². The molecular formula is C18H23NO2. The SMILES string of the molecule is COc1ccc2c(c1)[C@]13CCC[C@](C)(C(=O)NC1)[C@H]3CC2. The Hall–Kier alpha value is -1.51. The predicted molar refractivity (Wildman–Crippen MR) is 81.5 cm³/mol. The Labute approximate surface area is 126 Å². The Bertz CT molecular complexity index is 611. The van der Waals surface area contributed by atoms with Gasteiger partial charge >= 0.3 is 0 Å². The number of carbonyl (C=O) groups is 1. The number of ether oxygens (including phenoxy) is 1. The number of carbonyl (C=O) groups excluding carboxylic acids is 1. The molecule has 1 N–H and O–H groups in total. The van der Waals surface area contributed by atoms with E-state index in [1.54, 1.807) is 7.11 Å². The van der Waals surface area contributed by atoms with E-state index in [1.165, 1.54) is 17.5 Å². The number of rotatable bonds is 1. The van der Waals surface area contributed by atoms with Gasteiger partial charge in [-0.1, -0.05) is 19.4 Å². The van der Waals surface area contributed by atoms with Crippen molar-refractivity contribution in [2.75, 3.05) is 13.7 Å². The molecular weight excluding hydrogens is 262 g/mol. The third kappa shape index (κ3) is 1.58. The first-order valence-electron chi connectivity index (χ1n) is 8.06. The van der Waals surface area contributed by atoms with Gasteiger partial charge in [-0.25, -0.2) is 0 Å². The molecule has 1 amide bonds. The molecule has 112 valence electrons. The van der Waals surface area contributed by atoms with Crippen LogP contribution in [0.3, 0.4) is 0 Å². The van der Waals surface area contributed by atoms with Gasteiger partial charge in [0, 0.05) is 12.0 Å². The van der Waals surface area contributed by atoms with E-state index in [0.29, 0.717) is 5.92 Å². The summed E-state index contributed by atoms with van der Waals surface area (Å²) in [6.07, 6.45) is 5.60. The minimum absolute atomic E-state index is 0.128. The largest absolute Gasteiger partial charge is 0.497 e. The molecule has 0 unspecified atom stereocenters. The van der Waals surface area contributed by atoms with Crippen molar-refractivity contribution in [1.29, 1.82) is 0 Å². The summed E-state index contributed by atoms with van der Waals surface area (Å²) in [5, 5.41) is 3.21. The van der Waals surface area contributed by atoms with Gasteiger partial charge in [-0.3, -0.25) is 4.79 Å². The molecule has 1 aromatic rings. The molecule has 2 bridgehead atoms. The van der Waals surface area contributed by atoms with Crippen molar-refractivity contribution in [3.05, 3.63) is 29.3 Å². The molecule has 3 atom stereocenters. The fraction of sp³-hybridized carbons (Fsp3) is 0.611. The van der Waals surface area contributed by atoms with E-state index in [2.05, 4.69) is 30.4 Å². The fourth-order valence-electron chi connectivity index (χ4n) is 5.33. The van der Waals surface area contributed by atoms with Gasteiger partial charge < -0.3 is 10.1 Å². The quantitative estimate of drug-likeness (QED) is 0.861. The highest BCUT2D eigenvalue weighted by Gasteiger charge is 2.60. The molecule has 0 spiro atoms. The van der Waals surface area contributed by atoms with Gasteiger partial charge in [0.1, 0.15) is 5.75 Å². The van der Waals surface area contributed by atoms with Crippen molar-refractivity contribution in [1.82, 2.24) is 5.32 Å². The Kier molecular flexibility index (Phi) is 2.66. The van der Waals surface area contributed by atoms with Crippen molar-refractivity contribution in [2.45, 2.75) is 44.4 Å². The maximum Gasteiger partial charge on any atom is 0.226 e. The molecule has 1 aliphatic heterocycles. The topological polar surface area (TPSA) is 38.3 Å². The van der Waals surface area contributed by atoms with Gasteiger partial charge in [0.15, 0.2) is 0 Å². The molecule has 1 saturated carbocycles. The van der Waals surface area contributed by atoms with Crippen LogP contribution in [-0.2, 0) is 16.6 Å². The summed E-state index contributed by atoms with van der Waals surface area (Å²) in [5.74, 6) is 1.69. The Morgan fingerprint density at radius 1 is 1.33 bits per heavy atom. The second-order valence-corrected chi connectivity index (χ2v) is 7.22. The number of fused-ring (bicyclic) bond motifs is 1. The van der Waals surface area contributed by atoms with Crippen LogP contribution in [0.25, 0.3) is 0 Å². The minimum Gasteiger partial charge on any atom is -0.497 e. The van der Waals surface area contributed by atoms with Crippen molar-refractivity contribution < 1.29 is 9.53 Å². The van der Waals surface area contributed by atoms with Gasteiger partial charge in [0.2, 0.25) is 5.91 Å². The molecule has 3 heteroatoms. The lowest BCUT2D eigenvalue weighted by atomic mass is 9.47. The first-order chi connectivity index (χ1) is 10.1. The number of aryl methyl sites for hydroxylation is 1. The second kappa shape index (κ2) is 4.25. The number of piperidine rings is 1. The van der Waals surface area contributed by atoms with Crippen LogP contribution in [0.5, 0.6) is 5.75 Å². The zero-order valence-electron chi connectivity index (χ0n) is 12.9. The first-order valence-corrected chi connectivity index (χ1v) is 8.06. The Morgan fingerprint density at radius 2 is 2.19 bits per heavy atom. The van der Waals surface area contributed by atoms with E-state index in [-0.39, 0.29) is 16.7 Å². The van der Waals surface area contributed by atoms with Crippen LogP contribution in [0.15, 0.2) is 18.2 Å². The van der Waals surface area contributed by atoms with Crippen LogP contribution in [-0.4, -0.2) is 19.6 Å². The summed E-state index contributed by atoms with van der Waals surface area (Å²) < 4.78 is 5.45. The third-order valence-electron chi connectivity index (χ3n) is 6.39. The van der Waals surface area contributed by atoms with Gasteiger partial charge in [-0.05, 0) is 54.9 Å². The molecule has 21 heavy (non-hydrogen) atoms. The average Bonchev–Trinajstić information content (AvgIpc) is 2.51. The summed E-state index contributed by atoms with van der Waals surface area (Å²) in [4.78, 5) is 12.5. The van der Waals surface area contributed by atoms with Crippen molar-refractivity contribution >= 4 is 5.91 Å². The monoisotopic (exact) mass is 285 g/mol. The predicted octanol–water partition coefficient (Wildman–Crippen LogP) is 2.82. The van der Waals surface area contributed by atoms with Gasteiger partial charge in [-0.2, -0.15) is 0 Å². The molecule has 1 saturated heterocycles. The maximum absolute atomic E-state index is 12.5. The lowest BCUT2D eigenvalue weighted by Gasteiger charge is -2.59. The summed E-state index contributed by atoms with van der Waals surface area (Å²) in [7, 11) is 1.73. The molecule has 4 rings (SSSR count). The maximum atomic E-state index is 12.5. The zero-order valence-corrected chi connectivity index (χ0v) is 12.9. The molecule has 0 aromatic heterocycles. The highest BCUT2D eigenvalue weighted by Crippen LogP contribution is 2.59. The smallest absolute Gasteiger partial charge is 0.226 e. The van der Waals surface area contributed by atoms with E-state index in [4.69, 9.17) is 4.74 Å². The van der Waals surface area contributed by atoms with Gasteiger partial charge in [-0.15, -0.1) is 0 Å². The highest BCUT2D eigenvalue weighted by molar-refractivity contribution is 5.84. The summed E-state index contributed by atoms with van der Waals surface area (Å²) in [6, 6.07) is 6.52. The standard InChI is InChI=1S/C18H23NO2/c1-17-8-3-9-18(11-19-16(17)20)14-10-13(21-2)6-4-12(14)5-7-15(17)18/h4,6,10,15H,3,5,7-9,11H2,1-2H3,(H,19,20)/t15-,17+,18+/m1/s1. The Morgan fingerprint density at radius 3 is 3.00 bits per heavy atom. The molecule has 1 heterocycles. The van der Waals surface area contributed by atoms with Crippen LogP contribution in [0, 0.1) is 11.3 Å². The fourth-order valence-corrected chi connectivity index (χ4v) is 5.33. The molecule has 3 aliphatic rings. The van der Waals surface area contributed by atoms with Crippen molar-refractivity contribution in [3.8, 4) is 5.75 Å². The lowest BCUT2D eigenvalue weighted by Crippen LogP contribution is -2.65. The number of hydrogen-bond donors (Lipinski definition) is 1. The van der Waals surface area contributed by atoms with E-state index in [0.717, 1.165) is 38.0 Å². The number of methoxy groups -OCH3 is 1. The number of benzene rings is 1. The molecule has 1 aromatic carbocycles. The molecule has 3 nitrogen and oxygen atoms in total. The molecule has 0 radical (unpaired) electrons. The summed E-state index contributed by atoms with van der Waals surface area (Å²) in [5.41, 5.74) is 2.83. The summed E-state index contributed by atoms with van der Waals surface area (Å²) >= 11 is 0. The van der Waals surface area contributed by atoms with Crippen LogP contribution in [0.4, 0.5) is 0 Å². The zero-order chi connectivity index (χ0) is 14.7. The van der Waals surface area contributed by atoms with E-state index in [1.807, 2.05) is 0 Å². The van der Waals surface area contributed by atoms with E-state index < -0.39 is 0 Å². The summed E-state index contributed by atoms with van der Waals surface area (Å²) in [6.45, 7) is 2.98. The minimum atomic E-state index is -0.183. The normalized spacial score (nSPS) is 37.2. The molecule has 2 fully saturated rings. The average molecular weight is 285 g/mol. The van der Waals surface area contributed by atoms with Crippen molar-refractivity contribution in [2.24, 2.45) is 11.3 Å². The highest BCUT2D eigenvalue weighted by atomic mass is 16.5. The van der Waals surface area contributed by atoms with Crippen LogP contribution >= 0.6 is 0 Å². The third-order valence-corrected chi connectivity index (χ3v) is 6.39. The van der Waals surface area contributed by atoms with Crippen LogP contribution < -0.4 is 10.1 Å². The van der Waals surface area contributed by atoms with E-state index >= 15 is 0 Å². The number of nitrogens with one attached hydrogen (secondary N) is 1. The van der Waals surface area contributed by atoms with Gasteiger partial charge in [0.05, 0.1) is 12.5 Å². The Balaban J connectivity index is 1.90. The van der Waals surface area contributed by atoms with Gasteiger partial charge in [0.25, 0.3) is 0 Å². The lowest BCUT2D eigenvalue weighted by molar-refractivity contribution is -0.146. The van der Waals surface area contributed by atoms with E-state index in [9.17, 15) is 4.79 Å².